The Bertz CT molecular complexity index is 699. The minimum atomic E-state index is -0.105. The Hall–Kier alpha value is -0.370. The van der Waals surface area contributed by atoms with E-state index < -0.39 is 0 Å². The fourth-order valence-corrected chi connectivity index (χ4v) is 10.8. The zero-order valence-corrected chi connectivity index (χ0v) is 19.6. The van der Waals surface area contributed by atoms with E-state index in [1.165, 1.54) is 51.4 Å². The molecule has 5 saturated carbocycles. The van der Waals surface area contributed by atoms with Crippen molar-refractivity contribution in [1.82, 2.24) is 0 Å². The molecule has 5 aliphatic carbocycles. The molecule has 0 aromatic rings. The van der Waals surface area contributed by atoms with Gasteiger partial charge in [-0.25, -0.2) is 0 Å². The summed E-state index contributed by atoms with van der Waals surface area (Å²) in [6, 6.07) is 0. The molecule has 164 valence electrons. The number of hydrogen-bond acceptors (Lipinski definition) is 2. The van der Waals surface area contributed by atoms with Gasteiger partial charge in [-0.2, -0.15) is 0 Å². The normalized spacial score (nSPS) is 55.8. The second kappa shape index (κ2) is 6.11. The summed E-state index contributed by atoms with van der Waals surface area (Å²) in [5.74, 6) is 3.09. The van der Waals surface area contributed by atoms with E-state index in [4.69, 9.17) is 0 Å². The number of carbonyl (C=O) groups is 1. The maximum Gasteiger partial charge on any atom is 0.120 e. The van der Waals surface area contributed by atoms with Gasteiger partial charge in [-0.1, -0.05) is 34.6 Å². The first-order chi connectivity index (χ1) is 13.6. The van der Waals surface area contributed by atoms with Crippen molar-refractivity contribution in [2.45, 2.75) is 111 Å². The molecular weight excluding hydrogens is 356 g/mol. The molecular formula is C27H44O2. The van der Waals surface area contributed by atoms with Crippen LogP contribution in [0, 0.1) is 50.7 Å². The molecule has 2 heteroatoms. The summed E-state index contributed by atoms with van der Waals surface area (Å²) < 4.78 is 0. The van der Waals surface area contributed by atoms with Crippen molar-refractivity contribution in [3.8, 4) is 0 Å². The molecule has 0 saturated heterocycles. The first kappa shape index (κ1) is 20.5. The molecule has 2 spiro atoms. The lowest BCUT2D eigenvalue weighted by Crippen LogP contribution is -2.57. The molecule has 0 amide bonds. The van der Waals surface area contributed by atoms with Gasteiger partial charge in [-0.15, -0.1) is 0 Å². The Labute approximate surface area is 178 Å². The summed E-state index contributed by atoms with van der Waals surface area (Å²) in [6.07, 6.45) is 14.9. The topological polar surface area (TPSA) is 37.3 Å². The van der Waals surface area contributed by atoms with Crippen molar-refractivity contribution >= 4 is 6.29 Å². The number of hydrogen-bond donors (Lipinski definition) is 1. The molecule has 0 unspecified atom stereocenters. The molecule has 5 fully saturated rings. The fourth-order valence-electron chi connectivity index (χ4n) is 10.8. The van der Waals surface area contributed by atoms with E-state index >= 15 is 0 Å². The van der Waals surface area contributed by atoms with Gasteiger partial charge in [0.15, 0.2) is 0 Å². The third-order valence-electron chi connectivity index (χ3n) is 12.6. The van der Waals surface area contributed by atoms with Gasteiger partial charge in [0, 0.05) is 6.42 Å². The molecule has 1 N–H and O–H groups in total. The summed E-state index contributed by atoms with van der Waals surface area (Å²) in [5, 5.41) is 10.8. The van der Waals surface area contributed by atoms with Crippen LogP contribution in [-0.2, 0) is 4.79 Å². The van der Waals surface area contributed by atoms with Crippen LogP contribution in [0.5, 0.6) is 0 Å². The molecule has 0 radical (unpaired) electrons. The standard InChI is InChI=1S/C27H44O2/c1-18(7-6-16-28)19-10-12-25(5)21-9-8-20-23(2,3)22(29)11-13-26(20)17-27(21,26)15-14-24(19,25)4/h16,18-22,29H,6-15,17H2,1-5H3/t18-,19-,20+,21+,22+,24-,25+,26-,27+/m1/s1. The summed E-state index contributed by atoms with van der Waals surface area (Å²) in [7, 11) is 0. The monoisotopic (exact) mass is 400 g/mol. The Morgan fingerprint density at radius 3 is 2.31 bits per heavy atom. The minimum absolute atomic E-state index is 0.0932. The minimum Gasteiger partial charge on any atom is -0.393 e. The Morgan fingerprint density at radius 2 is 1.59 bits per heavy atom. The molecule has 0 aromatic carbocycles. The number of carbonyl (C=O) groups excluding carboxylic acids is 1. The van der Waals surface area contributed by atoms with Crippen molar-refractivity contribution in [3.63, 3.8) is 0 Å². The second-order valence-corrected chi connectivity index (χ2v) is 13.2. The Balaban J connectivity index is 1.46. The maximum atomic E-state index is 11.0. The zero-order valence-electron chi connectivity index (χ0n) is 19.6. The highest BCUT2D eigenvalue weighted by Gasteiger charge is 2.82. The van der Waals surface area contributed by atoms with Crippen molar-refractivity contribution in [3.05, 3.63) is 0 Å². The highest BCUT2D eigenvalue weighted by atomic mass is 16.3. The van der Waals surface area contributed by atoms with Gasteiger partial charge in [0.05, 0.1) is 6.10 Å². The van der Waals surface area contributed by atoms with Crippen molar-refractivity contribution < 1.29 is 9.90 Å². The highest BCUT2D eigenvalue weighted by Crippen LogP contribution is 2.89. The van der Waals surface area contributed by atoms with E-state index in [1.54, 1.807) is 0 Å². The molecule has 0 heterocycles. The molecule has 9 atom stereocenters. The van der Waals surface area contributed by atoms with Crippen LogP contribution in [0.3, 0.4) is 0 Å². The number of aliphatic hydroxyl groups excluding tert-OH is 1. The van der Waals surface area contributed by atoms with Crippen molar-refractivity contribution in [1.29, 1.82) is 0 Å². The van der Waals surface area contributed by atoms with E-state index in [-0.39, 0.29) is 11.5 Å². The van der Waals surface area contributed by atoms with Crippen LogP contribution in [0.2, 0.25) is 0 Å². The van der Waals surface area contributed by atoms with Gasteiger partial charge >= 0.3 is 0 Å². The number of rotatable bonds is 4. The van der Waals surface area contributed by atoms with E-state index in [9.17, 15) is 9.90 Å². The second-order valence-electron chi connectivity index (χ2n) is 13.2. The van der Waals surface area contributed by atoms with E-state index in [2.05, 4.69) is 34.6 Å². The summed E-state index contributed by atoms with van der Waals surface area (Å²) >= 11 is 0. The number of aliphatic hydroxyl groups is 1. The third-order valence-corrected chi connectivity index (χ3v) is 12.6. The largest absolute Gasteiger partial charge is 0.393 e. The van der Waals surface area contributed by atoms with Crippen LogP contribution in [0.4, 0.5) is 0 Å². The van der Waals surface area contributed by atoms with E-state index in [0.29, 0.717) is 27.6 Å². The predicted octanol–water partition coefficient (Wildman–Crippen LogP) is 6.40. The third kappa shape index (κ3) is 2.26. The van der Waals surface area contributed by atoms with Crippen LogP contribution in [0.25, 0.3) is 0 Å². The number of aldehydes is 1. The van der Waals surface area contributed by atoms with Crippen molar-refractivity contribution in [2.75, 3.05) is 0 Å². The lowest BCUT2D eigenvalue weighted by Gasteiger charge is -2.63. The van der Waals surface area contributed by atoms with Gasteiger partial charge in [-0.05, 0) is 115 Å². The van der Waals surface area contributed by atoms with Crippen LogP contribution in [0.15, 0.2) is 0 Å². The molecule has 0 aliphatic heterocycles. The molecule has 2 nitrogen and oxygen atoms in total. The first-order valence-electron chi connectivity index (χ1n) is 12.7. The average molecular weight is 401 g/mol. The molecule has 5 rings (SSSR count). The number of fused-ring (bicyclic) bond motifs is 2. The van der Waals surface area contributed by atoms with Crippen LogP contribution in [0.1, 0.15) is 105 Å². The van der Waals surface area contributed by atoms with Gasteiger partial charge < -0.3 is 9.90 Å². The highest BCUT2D eigenvalue weighted by molar-refractivity contribution is 5.49. The molecule has 0 bridgehead atoms. The lowest BCUT2D eigenvalue weighted by atomic mass is 9.41. The van der Waals surface area contributed by atoms with E-state index in [1.807, 2.05) is 0 Å². The van der Waals surface area contributed by atoms with Gasteiger partial charge in [0.25, 0.3) is 0 Å². The summed E-state index contributed by atoms with van der Waals surface area (Å²) in [5.41, 5.74) is 2.15. The zero-order chi connectivity index (χ0) is 20.9. The van der Waals surface area contributed by atoms with Gasteiger partial charge in [-0.3, -0.25) is 0 Å². The molecule has 5 aliphatic rings. The van der Waals surface area contributed by atoms with Crippen molar-refractivity contribution in [2.24, 2.45) is 50.7 Å². The Morgan fingerprint density at radius 1 is 0.897 bits per heavy atom. The quantitative estimate of drug-likeness (QED) is 0.554. The van der Waals surface area contributed by atoms with Crippen LogP contribution < -0.4 is 0 Å². The lowest BCUT2D eigenvalue weighted by molar-refractivity contribution is -0.161. The van der Waals surface area contributed by atoms with Gasteiger partial charge in [0.1, 0.15) is 6.29 Å². The van der Waals surface area contributed by atoms with Crippen LogP contribution >= 0.6 is 0 Å². The average Bonchev–Trinajstić information content (AvgIpc) is 3.26. The van der Waals surface area contributed by atoms with Crippen LogP contribution in [-0.4, -0.2) is 17.5 Å². The fraction of sp³-hybridized carbons (Fsp3) is 0.963. The first-order valence-corrected chi connectivity index (χ1v) is 12.7. The summed E-state index contributed by atoms with van der Waals surface area (Å²) in [4.78, 5) is 11.0. The van der Waals surface area contributed by atoms with Gasteiger partial charge in [0.2, 0.25) is 0 Å². The molecule has 0 aromatic heterocycles. The molecule has 29 heavy (non-hydrogen) atoms. The smallest absolute Gasteiger partial charge is 0.120 e. The predicted molar refractivity (Wildman–Crippen MR) is 117 cm³/mol. The Kier molecular flexibility index (Phi) is 4.32. The summed E-state index contributed by atoms with van der Waals surface area (Å²) in [6.45, 7) is 12.5. The van der Waals surface area contributed by atoms with E-state index in [0.717, 1.165) is 43.3 Å². The maximum absolute atomic E-state index is 11.0. The SMILES string of the molecule is C[C@H](CCC=O)[C@H]1CC[C@@]2(C)[C@@H]3CC[C@H]4C(C)(C)[C@@H](O)CC[C@@]45C[C@@]35CC[C@]12C.